The summed E-state index contributed by atoms with van der Waals surface area (Å²) in [5, 5.41) is 1.99. The van der Waals surface area contributed by atoms with Crippen LogP contribution < -0.4 is 0 Å². The van der Waals surface area contributed by atoms with Crippen LogP contribution in [-0.4, -0.2) is 23.9 Å². The van der Waals surface area contributed by atoms with Gasteiger partial charge in [-0.15, -0.1) is 0 Å². The lowest BCUT2D eigenvalue weighted by atomic mass is 10.3. The van der Waals surface area contributed by atoms with Gasteiger partial charge in [-0.3, -0.25) is 4.79 Å². The molecule has 1 heterocycles. The summed E-state index contributed by atoms with van der Waals surface area (Å²) < 4.78 is 35.7. The summed E-state index contributed by atoms with van der Waals surface area (Å²) in [5.74, 6) is -1.82. The van der Waals surface area contributed by atoms with Crippen LogP contribution in [0.25, 0.3) is 0 Å². The largest absolute Gasteiger partial charge is 0.454 e. The van der Waals surface area contributed by atoms with Crippen molar-refractivity contribution in [2.75, 3.05) is 7.05 Å². The standard InChI is InChI=1S/C8H8F3NOS/c1-5-4-14-7(12(5)2)3-6(13)8(9,10)11/h3-4H,1-2H3/b7-3+. The number of carbonyl (C=O) groups is 1. The van der Waals surface area contributed by atoms with Crippen molar-refractivity contribution in [1.29, 1.82) is 0 Å². The highest BCUT2D eigenvalue weighted by Crippen LogP contribution is 2.33. The number of nitrogens with zero attached hydrogens (tertiary/aromatic N) is 1. The predicted octanol–water partition coefficient (Wildman–Crippen LogP) is 2.50. The van der Waals surface area contributed by atoms with Gasteiger partial charge < -0.3 is 4.90 Å². The minimum Gasteiger partial charge on any atom is -0.342 e. The Morgan fingerprint density at radius 2 is 2.14 bits per heavy atom. The molecule has 0 amide bonds. The van der Waals surface area contributed by atoms with Gasteiger partial charge in [0.05, 0.1) is 5.03 Å². The van der Waals surface area contributed by atoms with E-state index in [1.54, 1.807) is 19.4 Å². The Balaban J connectivity index is 2.78. The molecule has 0 N–H and O–H groups in total. The predicted molar refractivity (Wildman–Crippen MR) is 48.3 cm³/mol. The molecule has 0 radical (unpaired) electrons. The van der Waals surface area contributed by atoms with Crippen molar-refractivity contribution in [3.8, 4) is 0 Å². The van der Waals surface area contributed by atoms with Crippen LogP contribution in [0.1, 0.15) is 6.92 Å². The summed E-state index contributed by atoms with van der Waals surface area (Å²) in [5.41, 5.74) is 0.816. The number of carbonyl (C=O) groups excluding carboxylic acids is 1. The number of thioether (sulfide) groups is 1. The number of rotatable bonds is 1. The summed E-state index contributed by atoms with van der Waals surface area (Å²) in [6, 6.07) is 0. The molecule has 0 bridgehead atoms. The second kappa shape index (κ2) is 3.68. The van der Waals surface area contributed by atoms with E-state index in [2.05, 4.69) is 0 Å². The third kappa shape index (κ3) is 2.31. The monoisotopic (exact) mass is 223 g/mol. The first-order valence-electron chi connectivity index (χ1n) is 3.72. The molecule has 0 saturated carbocycles. The third-order valence-corrected chi connectivity index (χ3v) is 2.84. The van der Waals surface area contributed by atoms with Gasteiger partial charge in [-0.2, -0.15) is 13.2 Å². The molecule has 2 nitrogen and oxygen atoms in total. The average Bonchev–Trinajstić information content (AvgIpc) is 2.34. The molecule has 0 fully saturated rings. The van der Waals surface area contributed by atoms with Crippen LogP contribution in [0.15, 0.2) is 22.2 Å². The number of hydrogen-bond donors (Lipinski definition) is 0. The van der Waals surface area contributed by atoms with E-state index in [1.807, 2.05) is 0 Å². The smallest absolute Gasteiger partial charge is 0.342 e. The fraction of sp³-hybridized carbons (Fsp3) is 0.375. The first-order chi connectivity index (χ1) is 6.32. The normalized spacial score (nSPS) is 20.2. The molecule has 1 aliphatic heterocycles. The molecule has 14 heavy (non-hydrogen) atoms. The average molecular weight is 223 g/mol. The molecule has 0 aromatic heterocycles. The van der Waals surface area contributed by atoms with E-state index in [9.17, 15) is 18.0 Å². The molecule has 78 valence electrons. The highest BCUT2D eigenvalue weighted by molar-refractivity contribution is 8.06. The molecule has 0 aliphatic carbocycles. The van der Waals surface area contributed by atoms with Gasteiger partial charge >= 0.3 is 6.18 Å². The van der Waals surface area contributed by atoms with Gasteiger partial charge in [0.25, 0.3) is 5.78 Å². The summed E-state index contributed by atoms with van der Waals surface area (Å²) >= 11 is 1.11. The van der Waals surface area contributed by atoms with E-state index >= 15 is 0 Å². The Morgan fingerprint density at radius 1 is 1.57 bits per heavy atom. The molecule has 0 aromatic carbocycles. The van der Waals surface area contributed by atoms with Crippen LogP contribution in [0.4, 0.5) is 13.2 Å². The Kier molecular flexibility index (Phi) is 2.94. The number of alkyl halides is 3. The van der Waals surface area contributed by atoms with Gasteiger partial charge in [-0.05, 0) is 12.3 Å². The summed E-state index contributed by atoms with van der Waals surface area (Å²) in [6.07, 6.45) is -4.18. The van der Waals surface area contributed by atoms with Crippen LogP contribution in [0, 0.1) is 0 Å². The topological polar surface area (TPSA) is 20.3 Å². The van der Waals surface area contributed by atoms with E-state index in [0.717, 1.165) is 17.5 Å². The van der Waals surface area contributed by atoms with Gasteiger partial charge in [0.2, 0.25) is 0 Å². The van der Waals surface area contributed by atoms with Crippen LogP contribution >= 0.6 is 11.8 Å². The molecule has 0 atom stereocenters. The van der Waals surface area contributed by atoms with Crippen molar-refractivity contribution in [2.24, 2.45) is 0 Å². The quantitative estimate of drug-likeness (QED) is 0.637. The Morgan fingerprint density at radius 3 is 2.50 bits per heavy atom. The maximum atomic E-state index is 11.9. The molecule has 0 unspecified atom stereocenters. The molecule has 1 rings (SSSR count). The summed E-state index contributed by atoms with van der Waals surface area (Å²) in [4.78, 5) is 12.1. The number of allylic oxidation sites excluding steroid dienone is 2. The van der Waals surface area contributed by atoms with E-state index in [1.165, 1.54) is 4.90 Å². The molecule has 1 aliphatic rings. The second-order valence-electron chi connectivity index (χ2n) is 2.78. The Hall–Kier alpha value is -0.910. The zero-order valence-electron chi connectivity index (χ0n) is 7.55. The number of hydrogen-bond acceptors (Lipinski definition) is 3. The van der Waals surface area contributed by atoms with Crippen LogP contribution in [0.3, 0.4) is 0 Å². The molecule has 6 heteroatoms. The van der Waals surface area contributed by atoms with E-state index in [4.69, 9.17) is 0 Å². The number of ketones is 1. The Labute approximate surface area is 83.4 Å². The van der Waals surface area contributed by atoms with Gasteiger partial charge in [0, 0.05) is 18.8 Å². The first-order valence-corrected chi connectivity index (χ1v) is 4.60. The zero-order chi connectivity index (χ0) is 10.9. The fourth-order valence-electron chi connectivity index (χ4n) is 0.802. The lowest BCUT2D eigenvalue weighted by Gasteiger charge is -2.14. The maximum absolute atomic E-state index is 11.9. The van der Waals surface area contributed by atoms with Crippen molar-refractivity contribution in [2.45, 2.75) is 13.1 Å². The van der Waals surface area contributed by atoms with Crippen molar-refractivity contribution in [3.05, 3.63) is 22.2 Å². The van der Waals surface area contributed by atoms with Gasteiger partial charge in [0.15, 0.2) is 0 Å². The summed E-state index contributed by atoms with van der Waals surface area (Å²) in [7, 11) is 1.61. The lowest BCUT2D eigenvalue weighted by molar-refractivity contribution is -0.165. The molecule has 0 saturated heterocycles. The van der Waals surface area contributed by atoms with Gasteiger partial charge in [-0.25, -0.2) is 0 Å². The molecular weight excluding hydrogens is 215 g/mol. The van der Waals surface area contributed by atoms with E-state index < -0.39 is 12.0 Å². The van der Waals surface area contributed by atoms with Crippen LogP contribution in [0.2, 0.25) is 0 Å². The SMILES string of the molecule is CC1=CS/C(=C/C(=O)C(F)(F)F)N1C. The minimum absolute atomic E-state index is 0.296. The highest BCUT2D eigenvalue weighted by atomic mass is 32.2. The molecule has 0 aromatic rings. The third-order valence-electron chi connectivity index (χ3n) is 1.74. The maximum Gasteiger partial charge on any atom is 0.454 e. The van der Waals surface area contributed by atoms with Crippen molar-refractivity contribution < 1.29 is 18.0 Å². The van der Waals surface area contributed by atoms with E-state index in [0.29, 0.717) is 11.1 Å². The van der Waals surface area contributed by atoms with E-state index in [-0.39, 0.29) is 0 Å². The van der Waals surface area contributed by atoms with Gasteiger partial charge in [0.1, 0.15) is 0 Å². The van der Waals surface area contributed by atoms with Crippen molar-refractivity contribution in [3.63, 3.8) is 0 Å². The van der Waals surface area contributed by atoms with Crippen LogP contribution in [-0.2, 0) is 4.79 Å². The Bertz CT molecular complexity index is 319. The lowest BCUT2D eigenvalue weighted by Crippen LogP contribution is -2.22. The first kappa shape index (κ1) is 11.2. The van der Waals surface area contributed by atoms with Crippen molar-refractivity contribution >= 4 is 17.5 Å². The van der Waals surface area contributed by atoms with Crippen LogP contribution in [0.5, 0.6) is 0 Å². The molecule has 0 spiro atoms. The highest BCUT2D eigenvalue weighted by Gasteiger charge is 2.37. The fourth-order valence-corrected chi connectivity index (χ4v) is 1.73. The number of halogens is 3. The summed E-state index contributed by atoms with van der Waals surface area (Å²) in [6.45, 7) is 1.76. The van der Waals surface area contributed by atoms with Crippen molar-refractivity contribution in [1.82, 2.24) is 4.90 Å². The minimum atomic E-state index is -4.79. The van der Waals surface area contributed by atoms with Gasteiger partial charge in [-0.1, -0.05) is 11.8 Å². The second-order valence-corrected chi connectivity index (χ2v) is 3.67. The molecular formula is C8H8F3NOS. The zero-order valence-corrected chi connectivity index (χ0v) is 8.37.